The molecule has 0 N–H and O–H groups in total. The lowest BCUT2D eigenvalue weighted by atomic mass is 10.2. The van der Waals surface area contributed by atoms with Gasteiger partial charge in [-0.1, -0.05) is 25.4 Å². The fourth-order valence-corrected chi connectivity index (χ4v) is 1.85. The lowest BCUT2D eigenvalue weighted by Gasteiger charge is -2.21. The minimum absolute atomic E-state index is 0.272. The van der Waals surface area contributed by atoms with E-state index in [0.717, 1.165) is 36.8 Å². The summed E-state index contributed by atoms with van der Waals surface area (Å²) in [4.78, 5) is 11.0. The van der Waals surface area contributed by atoms with Gasteiger partial charge in [0.05, 0.1) is 0 Å². The molecule has 0 amide bonds. The number of rotatable bonds is 6. The number of aromatic nitrogens is 2. The van der Waals surface area contributed by atoms with Crippen molar-refractivity contribution in [3.8, 4) is 0 Å². The number of methoxy groups -OCH3 is 1. The first-order chi connectivity index (χ1) is 8.47. The molecule has 0 radical (unpaired) electrons. The van der Waals surface area contributed by atoms with Crippen molar-refractivity contribution in [1.29, 1.82) is 0 Å². The number of anilines is 1. The maximum atomic E-state index is 6.17. The highest BCUT2D eigenvalue weighted by Crippen LogP contribution is 2.25. The van der Waals surface area contributed by atoms with E-state index in [-0.39, 0.29) is 5.92 Å². The molecule has 0 spiro atoms. The highest BCUT2D eigenvalue weighted by molar-refractivity contribution is 6.30. The summed E-state index contributed by atoms with van der Waals surface area (Å²) < 4.78 is 5.06. The molecule has 0 aromatic carbocycles. The zero-order chi connectivity index (χ0) is 13.7. The molecule has 0 fully saturated rings. The molecule has 18 heavy (non-hydrogen) atoms. The molecule has 0 aliphatic heterocycles. The van der Waals surface area contributed by atoms with Crippen molar-refractivity contribution in [3.05, 3.63) is 16.5 Å². The Bertz CT molecular complexity index is 396. The molecule has 0 bridgehead atoms. The Hall–Kier alpha value is -0.870. The molecular formula is C13H22ClN3O. The standard InChI is InChI=1S/C13H22ClN3O/c1-9(2)12-15-11(14)10(3)13(16-12)17(4)7-6-8-18-5/h9H,6-8H2,1-5H3. The van der Waals surface area contributed by atoms with E-state index in [1.807, 2.05) is 14.0 Å². The molecule has 0 saturated carbocycles. The summed E-state index contributed by atoms with van der Waals surface area (Å²) in [6.07, 6.45) is 0.963. The van der Waals surface area contributed by atoms with Crippen molar-refractivity contribution in [1.82, 2.24) is 9.97 Å². The van der Waals surface area contributed by atoms with Gasteiger partial charge in [0, 0.05) is 38.8 Å². The van der Waals surface area contributed by atoms with Gasteiger partial charge in [0.15, 0.2) is 0 Å². The predicted molar refractivity (Wildman–Crippen MR) is 75.6 cm³/mol. The molecule has 1 heterocycles. The van der Waals surface area contributed by atoms with E-state index in [2.05, 4.69) is 28.7 Å². The topological polar surface area (TPSA) is 38.2 Å². The van der Waals surface area contributed by atoms with Crippen LogP contribution < -0.4 is 4.90 Å². The van der Waals surface area contributed by atoms with Crippen molar-refractivity contribution >= 4 is 17.4 Å². The van der Waals surface area contributed by atoms with Gasteiger partial charge in [0.1, 0.15) is 16.8 Å². The lowest BCUT2D eigenvalue weighted by Crippen LogP contribution is -2.23. The van der Waals surface area contributed by atoms with Gasteiger partial charge in [-0.25, -0.2) is 9.97 Å². The molecule has 0 atom stereocenters. The Morgan fingerprint density at radius 3 is 2.56 bits per heavy atom. The number of ether oxygens (including phenoxy) is 1. The van der Waals surface area contributed by atoms with Crippen LogP contribution in [0.5, 0.6) is 0 Å². The van der Waals surface area contributed by atoms with Crippen molar-refractivity contribution in [2.45, 2.75) is 33.1 Å². The van der Waals surface area contributed by atoms with Gasteiger partial charge in [-0.2, -0.15) is 0 Å². The largest absolute Gasteiger partial charge is 0.385 e. The summed E-state index contributed by atoms with van der Waals surface area (Å²) in [7, 11) is 3.73. The fraction of sp³-hybridized carbons (Fsp3) is 0.692. The van der Waals surface area contributed by atoms with Crippen molar-refractivity contribution < 1.29 is 4.74 Å². The van der Waals surface area contributed by atoms with Crippen molar-refractivity contribution in [3.63, 3.8) is 0 Å². The fourth-order valence-electron chi connectivity index (χ4n) is 1.68. The second-order valence-electron chi connectivity index (χ2n) is 4.74. The Kier molecular flexibility index (Phi) is 5.82. The van der Waals surface area contributed by atoms with Gasteiger partial charge >= 0.3 is 0 Å². The van der Waals surface area contributed by atoms with Crippen LogP contribution in [-0.2, 0) is 4.74 Å². The highest BCUT2D eigenvalue weighted by atomic mass is 35.5. The van der Waals surface area contributed by atoms with Crippen molar-refractivity contribution in [2.75, 3.05) is 32.2 Å². The zero-order valence-electron chi connectivity index (χ0n) is 11.8. The van der Waals surface area contributed by atoms with Crippen LogP contribution in [0.3, 0.4) is 0 Å². The van der Waals surface area contributed by atoms with Gasteiger partial charge in [0.25, 0.3) is 0 Å². The van der Waals surface area contributed by atoms with E-state index in [1.54, 1.807) is 7.11 Å². The summed E-state index contributed by atoms with van der Waals surface area (Å²) in [5.41, 5.74) is 0.931. The minimum Gasteiger partial charge on any atom is -0.385 e. The monoisotopic (exact) mass is 271 g/mol. The Labute approximate surface area is 114 Å². The molecule has 0 unspecified atom stereocenters. The SMILES string of the molecule is COCCCN(C)c1nc(C(C)C)nc(Cl)c1C. The quantitative estimate of drug-likeness (QED) is 0.589. The van der Waals surface area contributed by atoms with Crippen LogP contribution in [0.15, 0.2) is 0 Å². The number of hydrogen-bond acceptors (Lipinski definition) is 4. The second kappa shape index (κ2) is 6.90. The van der Waals surface area contributed by atoms with Gasteiger partial charge in [-0.05, 0) is 13.3 Å². The molecule has 0 saturated heterocycles. The third-order valence-corrected chi connectivity index (χ3v) is 3.17. The molecule has 1 rings (SSSR count). The molecular weight excluding hydrogens is 250 g/mol. The number of halogens is 1. The zero-order valence-corrected chi connectivity index (χ0v) is 12.6. The van der Waals surface area contributed by atoms with Crippen LogP contribution in [0.4, 0.5) is 5.82 Å². The van der Waals surface area contributed by atoms with E-state index < -0.39 is 0 Å². The predicted octanol–water partition coefficient (Wildman–Crippen LogP) is 3.03. The molecule has 1 aromatic rings. The van der Waals surface area contributed by atoms with Gasteiger partial charge in [-0.15, -0.1) is 0 Å². The molecule has 0 aliphatic rings. The summed E-state index contributed by atoms with van der Waals surface area (Å²) in [5, 5.41) is 0.544. The molecule has 0 aliphatic carbocycles. The summed E-state index contributed by atoms with van der Waals surface area (Å²) in [5.74, 6) is 1.98. The van der Waals surface area contributed by atoms with Gasteiger partial charge in [-0.3, -0.25) is 0 Å². The molecule has 4 nitrogen and oxygen atoms in total. The number of nitrogens with zero attached hydrogens (tertiary/aromatic N) is 3. The highest BCUT2D eigenvalue weighted by Gasteiger charge is 2.14. The first kappa shape index (κ1) is 15.2. The maximum absolute atomic E-state index is 6.17. The summed E-state index contributed by atoms with van der Waals surface area (Å²) >= 11 is 6.17. The first-order valence-corrected chi connectivity index (χ1v) is 6.59. The minimum atomic E-state index is 0.272. The molecule has 102 valence electrons. The van der Waals surface area contributed by atoms with Crippen LogP contribution in [0.2, 0.25) is 5.15 Å². The van der Waals surface area contributed by atoms with E-state index >= 15 is 0 Å². The van der Waals surface area contributed by atoms with E-state index in [1.165, 1.54) is 0 Å². The van der Waals surface area contributed by atoms with Crippen LogP contribution >= 0.6 is 11.6 Å². The molecule has 5 heteroatoms. The first-order valence-electron chi connectivity index (χ1n) is 6.21. The van der Waals surface area contributed by atoms with Crippen LogP contribution in [0.25, 0.3) is 0 Å². The Balaban J connectivity index is 2.92. The second-order valence-corrected chi connectivity index (χ2v) is 5.10. The smallest absolute Gasteiger partial charge is 0.137 e. The third-order valence-electron chi connectivity index (χ3n) is 2.80. The van der Waals surface area contributed by atoms with E-state index in [0.29, 0.717) is 5.15 Å². The number of hydrogen-bond donors (Lipinski definition) is 0. The van der Waals surface area contributed by atoms with Gasteiger partial charge in [0.2, 0.25) is 0 Å². The summed E-state index contributed by atoms with van der Waals surface area (Å²) in [6, 6.07) is 0. The maximum Gasteiger partial charge on any atom is 0.137 e. The Morgan fingerprint density at radius 1 is 1.33 bits per heavy atom. The van der Waals surface area contributed by atoms with Crippen LogP contribution in [0, 0.1) is 6.92 Å². The van der Waals surface area contributed by atoms with E-state index in [9.17, 15) is 0 Å². The van der Waals surface area contributed by atoms with Crippen LogP contribution in [-0.4, -0.2) is 37.3 Å². The van der Waals surface area contributed by atoms with Crippen LogP contribution in [0.1, 0.15) is 37.6 Å². The lowest BCUT2D eigenvalue weighted by molar-refractivity contribution is 0.196. The average molecular weight is 272 g/mol. The molecule has 1 aromatic heterocycles. The van der Waals surface area contributed by atoms with Crippen molar-refractivity contribution in [2.24, 2.45) is 0 Å². The van der Waals surface area contributed by atoms with Gasteiger partial charge < -0.3 is 9.64 Å². The Morgan fingerprint density at radius 2 is 2.00 bits per heavy atom. The van der Waals surface area contributed by atoms with E-state index in [4.69, 9.17) is 16.3 Å². The normalized spacial score (nSPS) is 11.1. The average Bonchev–Trinajstić information content (AvgIpc) is 2.32. The summed E-state index contributed by atoms with van der Waals surface area (Å²) in [6.45, 7) is 7.72. The third kappa shape index (κ3) is 3.82.